The van der Waals surface area contributed by atoms with Gasteiger partial charge in [-0.05, 0) is 31.2 Å². The number of likely N-dealkylation sites (N-methyl/N-ethyl adjacent to an activating group) is 1. The highest BCUT2D eigenvalue weighted by Gasteiger charge is 2.28. The van der Waals surface area contributed by atoms with Crippen molar-refractivity contribution < 1.29 is 9.18 Å². The van der Waals surface area contributed by atoms with Crippen LogP contribution in [0.1, 0.15) is 12.0 Å². The van der Waals surface area contributed by atoms with Crippen molar-refractivity contribution in [3.8, 4) is 0 Å². The number of benzene rings is 1. The lowest BCUT2D eigenvalue weighted by molar-refractivity contribution is -0.124. The van der Waals surface area contributed by atoms with Crippen molar-refractivity contribution in [1.82, 2.24) is 9.62 Å². The SMILES string of the molecule is CN1SCCC1C(=O)NCc1ccc(F)cc1Cl. The number of amides is 1. The van der Waals surface area contributed by atoms with Gasteiger partial charge >= 0.3 is 0 Å². The Hall–Kier alpha value is -0.780. The third-order valence-corrected chi connectivity index (χ3v) is 4.33. The first-order valence-corrected chi connectivity index (χ1v) is 6.97. The van der Waals surface area contributed by atoms with E-state index in [4.69, 9.17) is 11.6 Å². The minimum Gasteiger partial charge on any atom is -0.351 e. The van der Waals surface area contributed by atoms with Crippen LogP contribution >= 0.6 is 23.5 Å². The molecule has 1 saturated heterocycles. The smallest absolute Gasteiger partial charge is 0.238 e. The second kappa shape index (κ2) is 5.91. The van der Waals surface area contributed by atoms with Crippen LogP contribution in [0.2, 0.25) is 5.02 Å². The monoisotopic (exact) mass is 288 g/mol. The lowest BCUT2D eigenvalue weighted by atomic mass is 10.2. The van der Waals surface area contributed by atoms with Gasteiger partial charge in [0, 0.05) is 17.3 Å². The minimum absolute atomic E-state index is 0.0112. The van der Waals surface area contributed by atoms with Crippen molar-refractivity contribution in [2.45, 2.75) is 19.0 Å². The summed E-state index contributed by atoms with van der Waals surface area (Å²) in [5.74, 6) is 0.580. The van der Waals surface area contributed by atoms with Gasteiger partial charge in [-0.15, -0.1) is 0 Å². The molecular weight excluding hydrogens is 275 g/mol. The maximum atomic E-state index is 12.9. The second-order valence-electron chi connectivity index (χ2n) is 4.14. The number of rotatable bonds is 3. The minimum atomic E-state index is -0.373. The van der Waals surface area contributed by atoms with Crippen molar-refractivity contribution in [3.63, 3.8) is 0 Å². The number of hydrogen-bond acceptors (Lipinski definition) is 3. The highest BCUT2D eigenvalue weighted by molar-refractivity contribution is 7.97. The Bertz CT molecular complexity index is 458. The molecule has 0 aromatic heterocycles. The van der Waals surface area contributed by atoms with E-state index in [1.165, 1.54) is 12.1 Å². The molecule has 0 saturated carbocycles. The first kappa shape index (κ1) is 13.6. The quantitative estimate of drug-likeness (QED) is 0.867. The summed E-state index contributed by atoms with van der Waals surface area (Å²) in [5, 5.41) is 3.17. The van der Waals surface area contributed by atoms with Crippen molar-refractivity contribution in [3.05, 3.63) is 34.6 Å². The van der Waals surface area contributed by atoms with E-state index < -0.39 is 0 Å². The third kappa shape index (κ3) is 3.16. The molecule has 1 amide bonds. The average Bonchev–Trinajstić information content (AvgIpc) is 2.74. The number of hydrogen-bond donors (Lipinski definition) is 1. The van der Waals surface area contributed by atoms with E-state index in [-0.39, 0.29) is 17.8 Å². The summed E-state index contributed by atoms with van der Waals surface area (Å²) in [7, 11) is 1.91. The van der Waals surface area contributed by atoms with Crippen LogP contribution in [-0.2, 0) is 11.3 Å². The molecule has 3 nitrogen and oxygen atoms in total. The molecule has 0 bridgehead atoms. The van der Waals surface area contributed by atoms with Crippen LogP contribution in [-0.4, -0.2) is 29.1 Å². The maximum absolute atomic E-state index is 12.9. The zero-order chi connectivity index (χ0) is 13.1. The van der Waals surface area contributed by atoms with E-state index in [0.29, 0.717) is 11.6 Å². The molecule has 1 aromatic carbocycles. The molecule has 1 N–H and O–H groups in total. The second-order valence-corrected chi connectivity index (χ2v) is 5.79. The fourth-order valence-electron chi connectivity index (χ4n) is 1.84. The summed E-state index contributed by atoms with van der Waals surface area (Å²) in [6.45, 7) is 0.326. The highest BCUT2D eigenvalue weighted by atomic mass is 35.5. The Morgan fingerprint density at radius 1 is 1.67 bits per heavy atom. The Morgan fingerprint density at radius 2 is 2.44 bits per heavy atom. The molecule has 1 aliphatic rings. The van der Waals surface area contributed by atoms with Gasteiger partial charge in [0.15, 0.2) is 0 Å². The molecule has 1 fully saturated rings. The van der Waals surface area contributed by atoms with Gasteiger partial charge in [0.25, 0.3) is 0 Å². The molecule has 1 atom stereocenters. The topological polar surface area (TPSA) is 32.3 Å². The first-order valence-electron chi connectivity index (χ1n) is 5.65. The Labute approximate surface area is 115 Å². The summed E-state index contributed by atoms with van der Waals surface area (Å²) < 4.78 is 14.8. The average molecular weight is 289 g/mol. The van der Waals surface area contributed by atoms with Gasteiger partial charge in [0.05, 0.1) is 6.04 Å². The number of carbonyl (C=O) groups is 1. The Balaban J connectivity index is 1.93. The van der Waals surface area contributed by atoms with Gasteiger partial charge in [0.2, 0.25) is 5.91 Å². The van der Waals surface area contributed by atoms with E-state index in [9.17, 15) is 9.18 Å². The van der Waals surface area contributed by atoms with E-state index in [1.54, 1.807) is 18.0 Å². The van der Waals surface area contributed by atoms with Crippen molar-refractivity contribution >= 4 is 29.5 Å². The molecule has 98 valence electrons. The van der Waals surface area contributed by atoms with Crippen LogP contribution < -0.4 is 5.32 Å². The van der Waals surface area contributed by atoms with Crippen molar-refractivity contribution in [2.24, 2.45) is 0 Å². The third-order valence-electron chi connectivity index (χ3n) is 2.90. The van der Waals surface area contributed by atoms with Crippen LogP contribution in [0.25, 0.3) is 0 Å². The van der Waals surface area contributed by atoms with Crippen LogP contribution in [0.4, 0.5) is 4.39 Å². The molecule has 1 heterocycles. The predicted molar refractivity (Wildman–Crippen MR) is 71.9 cm³/mol. The van der Waals surface area contributed by atoms with Gasteiger partial charge in [0.1, 0.15) is 5.82 Å². The summed E-state index contributed by atoms with van der Waals surface area (Å²) in [6, 6.07) is 4.09. The summed E-state index contributed by atoms with van der Waals surface area (Å²) in [4.78, 5) is 11.9. The van der Waals surface area contributed by atoms with Crippen LogP contribution in [0.15, 0.2) is 18.2 Å². The van der Waals surface area contributed by atoms with E-state index >= 15 is 0 Å². The van der Waals surface area contributed by atoms with Crippen LogP contribution in [0.5, 0.6) is 0 Å². The molecule has 1 unspecified atom stereocenters. The number of halogens is 2. The number of nitrogens with zero attached hydrogens (tertiary/aromatic N) is 1. The molecule has 1 aliphatic heterocycles. The predicted octanol–water partition coefficient (Wildman–Crippen LogP) is 2.45. The molecule has 0 radical (unpaired) electrons. The van der Waals surface area contributed by atoms with Gasteiger partial charge in [-0.2, -0.15) is 0 Å². The normalized spacial score (nSPS) is 20.1. The van der Waals surface area contributed by atoms with Gasteiger partial charge < -0.3 is 5.32 Å². The lowest BCUT2D eigenvalue weighted by Crippen LogP contribution is -2.39. The number of carbonyl (C=O) groups excluding carboxylic acids is 1. The molecule has 1 aromatic rings. The van der Waals surface area contributed by atoms with Crippen molar-refractivity contribution in [1.29, 1.82) is 0 Å². The first-order chi connectivity index (χ1) is 8.58. The summed E-state index contributed by atoms with van der Waals surface area (Å²) >= 11 is 7.55. The standard InChI is InChI=1S/C12H14ClFN2OS/c1-16-11(4-5-18-16)12(17)15-7-8-2-3-9(14)6-10(8)13/h2-3,6,11H,4-5,7H2,1H3,(H,15,17). The van der Waals surface area contributed by atoms with Gasteiger partial charge in [-0.3, -0.25) is 4.79 Å². The summed E-state index contributed by atoms with van der Waals surface area (Å²) in [5.41, 5.74) is 0.722. The van der Waals surface area contributed by atoms with Gasteiger partial charge in [-0.25, -0.2) is 8.70 Å². The van der Waals surface area contributed by atoms with E-state index in [0.717, 1.165) is 17.7 Å². The van der Waals surface area contributed by atoms with Crippen LogP contribution in [0.3, 0.4) is 0 Å². The van der Waals surface area contributed by atoms with E-state index in [2.05, 4.69) is 5.32 Å². The largest absolute Gasteiger partial charge is 0.351 e. The molecule has 0 aliphatic carbocycles. The summed E-state index contributed by atoms with van der Waals surface area (Å²) in [6.07, 6.45) is 0.851. The Morgan fingerprint density at radius 3 is 3.06 bits per heavy atom. The lowest BCUT2D eigenvalue weighted by Gasteiger charge is -2.17. The fourth-order valence-corrected chi connectivity index (χ4v) is 3.07. The van der Waals surface area contributed by atoms with E-state index in [1.807, 2.05) is 11.4 Å². The van der Waals surface area contributed by atoms with Crippen molar-refractivity contribution in [2.75, 3.05) is 12.8 Å². The van der Waals surface area contributed by atoms with Gasteiger partial charge in [-0.1, -0.05) is 29.6 Å². The zero-order valence-corrected chi connectivity index (χ0v) is 11.5. The zero-order valence-electron chi connectivity index (χ0n) is 9.95. The Kier molecular flexibility index (Phi) is 4.48. The fraction of sp³-hybridized carbons (Fsp3) is 0.417. The molecule has 6 heteroatoms. The van der Waals surface area contributed by atoms with Crippen LogP contribution in [0, 0.1) is 5.82 Å². The molecule has 18 heavy (non-hydrogen) atoms. The molecule has 2 rings (SSSR count). The highest BCUT2D eigenvalue weighted by Crippen LogP contribution is 2.24. The molecular formula is C12H14ClFN2OS. The molecule has 0 spiro atoms. The number of nitrogens with one attached hydrogen (secondary N) is 1. The maximum Gasteiger partial charge on any atom is 0.238 e.